The van der Waals surface area contributed by atoms with E-state index in [4.69, 9.17) is 15.7 Å². The molecule has 10 nitrogen and oxygen atoms in total. The topological polar surface area (TPSA) is 118 Å². The first-order valence-corrected chi connectivity index (χ1v) is 12.2. The molecule has 0 amide bonds. The Bertz CT molecular complexity index is 1760. The van der Waals surface area contributed by atoms with E-state index in [1.807, 2.05) is 50.4 Å². The molecule has 7 rings (SSSR count). The predicted octanol–water partition coefficient (Wildman–Crippen LogP) is 3.99. The highest BCUT2D eigenvalue weighted by Crippen LogP contribution is 2.38. The van der Waals surface area contributed by atoms with Gasteiger partial charge in [-0.2, -0.15) is 5.10 Å². The molecule has 0 saturated carbocycles. The molecule has 182 valence electrons. The van der Waals surface area contributed by atoms with Gasteiger partial charge in [0.25, 0.3) is 0 Å². The minimum atomic E-state index is 0.233. The van der Waals surface area contributed by atoms with Gasteiger partial charge in [0.15, 0.2) is 17.3 Å². The molecule has 2 N–H and O–H groups in total. The average Bonchev–Trinajstić information content (AvgIpc) is 3.70. The van der Waals surface area contributed by atoms with Crippen molar-refractivity contribution in [2.45, 2.75) is 32.7 Å². The Labute approximate surface area is 212 Å². The zero-order valence-electron chi connectivity index (χ0n) is 20.4. The Kier molecular flexibility index (Phi) is 4.68. The van der Waals surface area contributed by atoms with Crippen molar-refractivity contribution in [1.29, 1.82) is 0 Å². The van der Waals surface area contributed by atoms with E-state index in [1.165, 1.54) is 11.1 Å². The van der Waals surface area contributed by atoms with Gasteiger partial charge in [-0.05, 0) is 80.3 Å². The molecule has 0 spiro atoms. The summed E-state index contributed by atoms with van der Waals surface area (Å²) in [5.74, 6) is 3.70. The van der Waals surface area contributed by atoms with Crippen molar-refractivity contribution >= 4 is 17.0 Å². The number of nitrogens with zero attached hydrogens (tertiary/aromatic N) is 9. The Morgan fingerprint density at radius 3 is 2.59 bits per heavy atom. The average molecular weight is 489 g/mol. The second-order valence-corrected chi connectivity index (χ2v) is 9.27. The Hall–Kier alpha value is -4.86. The number of hydrogen-bond acceptors (Lipinski definition) is 7. The van der Waals surface area contributed by atoms with Gasteiger partial charge in [0, 0.05) is 24.3 Å². The summed E-state index contributed by atoms with van der Waals surface area (Å²) in [6.45, 7) is 4.02. The van der Waals surface area contributed by atoms with Gasteiger partial charge in [-0.25, -0.2) is 19.6 Å². The first-order valence-electron chi connectivity index (χ1n) is 12.2. The molecule has 37 heavy (non-hydrogen) atoms. The lowest BCUT2D eigenvalue weighted by atomic mass is 10.1. The van der Waals surface area contributed by atoms with Crippen LogP contribution in [0.3, 0.4) is 0 Å². The molecular formula is C27H24N10. The van der Waals surface area contributed by atoms with Crippen molar-refractivity contribution in [2.24, 2.45) is 0 Å². The van der Waals surface area contributed by atoms with E-state index in [2.05, 4.69) is 47.6 Å². The number of hydrogen-bond donors (Lipinski definition) is 1. The Morgan fingerprint density at radius 2 is 1.81 bits per heavy atom. The summed E-state index contributed by atoms with van der Waals surface area (Å²) >= 11 is 0. The van der Waals surface area contributed by atoms with E-state index in [-0.39, 0.29) is 6.04 Å². The summed E-state index contributed by atoms with van der Waals surface area (Å²) in [5.41, 5.74) is 12.1. The monoisotopic (exact) mass is 488 g/mol. The number of aromatic nitrogens is 9. The molecule has 0 aliphatic heterocycles. The molecule has 1 atom stereocenters. The van der Waals surface area contributed by atoms with Gasteiger partial charge in [-0.15, -0.1) is 10.2 Å². The first-order chi connectivity index (χ1) is 18.1. The second kappa shape index (κ2) is 8.09. The molecule has 0 bridgehead atoms. The molecule has 0 saturated heterocycles. The molecule has 1 aliphatic rings. The third kappa shape index (κ3) is 3.33. The van der Waals surface area contributed by atoms with Gasteiger partial charge >= 0.3 is 0 Å². The van der Waals surface area contributed by atoms with Gasteiger partial charge in [0.1, 0.15) is 23.0 Å². The number of anilines is 1. The van der Waals surface area contributed by atoms with E-state index >= 15 is 0 Å². The van der Waals surface area contributed by atoms with Crippen molar-refractivity contribution in [2.75, 3.05) is 5.73 Å². The predicted molar refractivity (Wildman–Crippen MR) is 140 cm³/mol. The lowest BCUT2D eigenvalue weighted by molar-refractivity contribution is 0.551. The van der Waals surface area contributed by atoms with E-state index in [9.17, 15) is 0 Å². The zero-order valence-corrected chi connectivity index (χ0v) is 20.4. The number of nitrogen functional groups attached to an aromatic ring is 1. The van der Waals surface area contributed by atoms with Crippen LogP contribution in [0.4, 0.5) is 5.82 Å². The highest BCUT2D eigenvalue weighted by molar-refractivity contribution is 5.83. The second-order valence-electron chi connectivity index (χ2n) is 9.27. The smallest absolute Gasteiger partial charge is 0.167 e. The SMILES string of the molecule is Cc1nnc(C)n1[C@H]1CCc2cc(-n3c(-c4cccnc4N)nc4ccc(-n5cccn5)nc43)ccc21. The quantitative estimate of drug-likeness (QED) is 0.398. The summed E-state index contributed by atoms with van der Waals surface area (Å²) in [5, 5.41) is 12.9. The fraction of sp³-hybridized carbons (Fsp3) is 0.185. The standard InChI is InChI=1S/C27H24N10/c1-16-33-34-17(2)36(16)23-10-6-18-15-19(7-8-20(18)23)37-26(21-5-3-12-29-25(21)28)31-22-9-11-24(32-27(22)37)35-14-4-13-30-35/h3-5,7-9,11-15,23H,6,10H2,1-2H3,(H2,28,29)/t23-/m0/s1. The lowest BCUT2D eigenvalue weighted by Crippen LogP contribution is -2.11. The molecule has 10 heteroatoms. The first kappa shape index (κ1) is 21.4. The van der Waals surface area contributed by atoms with E-state index in [1.54, 1.807) is 17.1 Å². The van der Waals surface area contributed by atoms with Crippen LogP contribution in [-0.4, -0.2) is 44.1 Å². The molecule has 5 aromatic heterocycles. The minimum absolute atomic E-state index is 0.233. The van der Waals surface area contributed by atoms with Crippen LogP contribution in [0.25, 0.3) is 34.1 Å². The number of aryl methyl sites for hydroxylation is 3. The van der Waals surface area contributed by atoms with Crippen molar-refractivity contribution in [1.82, 2.24) is 44.1 Å². The van der Waals surface area contributed by atoms with Crippen LogP contribution >= 0.6 is 0 Å². The van der Waals surface area contributed by atoms with Crippen LogP contribution in [0.15, 0.2) is 67.1 Å². The molecule has 0 fully saturated rings. The largest absolute Gasteiger partial charge is 0.383 e. The summed E-state index contributed by atoms with van der Waals surface area (Å²) in [6, 6.07) is 16.4. The Balaban J connectivity index is 1.43. The van der Waals surface area contributed by atoms with E-state index in [0.717, 1.165) is 46.9 Å². The van der Waals surface area contributed by atoms with Crippen LogP contribution in [0.1, 0.15) is 35.2 Å². The molecule has 5 heterocycles. The van der Waals surface area contributed by atoms with Crippen LogP contribution in [0.5, 0.6) is 0 Å². The normalized spacial score (nSPS) is 14.9. The fourth-order valence-electron chi connectivity index (χ4n) is 5.43. The summed E-state index contributed by atoms with van der Waals surface area (Å²) in [6.07, 6.45) is 7.27. The molecule has 6 aromatic rings. The molecule has 1 aromatic carbocycles. The van der Waals surface area contributed by atoms with E-state index < -0.39 is 0 Å². The fourth-order valence-corrected chi connectivity index (χ4v) is 5.43. The molecule has 1 aliphatic carbocycles. The number of nitrogens with two attached hydrogens (primary N) is 1. The zero-order chi connectivity index (χ0) is 25.1. The number of rotatable bonds is 4. The van der Waals surface area contributed by atoms with Gasteiger partial charge in [-0.1, -0.05) is 6.07 Å². The third-order valence-corrected chi connectivity index (χ3v) is 7.09. The van der Waals surface area contributed by atoms with Gasteiger partial charge in [0.05, 0.1) is 11.6 Å². The number of benzene rings is 1. The van der Waals surface area contributed by atoms with Crippen molar-refractivity contribution in [3.8, 4) is 22.9 Å². The molecule has 0 unspecified atom stereocenters. The maximum absolute atomic E-state index is 6.31. The summed E-state index contributed by atoms with van der Waals surface area (Å²) < 4.78 is 6.04. The number of imidazole rings is 1. The van der Waals surface area contributed by atoms with Crippen LogP contribution < -0.4 is 5.73 Å². The highest BCUT2D eigenvalue weighted by Gasteiger charge is 2.28. The van der Waals surface area contributed by atoms with Crippen molar-refractivity contribution in [3.05, 3.63) is 89.9 Å². The highest BCUT2D eigenvalue weighted by atomic mass is 15.3. The van der Waals surface area contributed by atoms with Crippen LogP contribution in [-0.2, 0) is 6.42 Å². The molecule has 0 radical (unpaired) electrons. The van der Waals surface area contributed by atoms with Gasteiger partial charge in [-0.3, -0.25) is 4.57 Å². The Morgan fingerprint density at radius 1 is 0.946 bits per heavy atom. The number of pyridine rings is 2. The minimum Gasteiger partial charge on any atom is -0.383 e. The van der Waals surface area contributed by atoms with Crippen molar-refractivity contribution in [3.63, 3.8) is 0 Å². The van der Waals surface area contributed by atoms with Gasteiger partial charge < -0.3 is 10.3 Å². The maximum atomic E-state index is 6.31. The van der Waals surface area contributed by atoms with Crippen LogP contribution in [0.2, 0.25) is 0 Å². The third-order valence-electron chi connectivity index (χ3n) is 7.09. The summed E-state index contributed by atoms with van der Waals surface area (Å²) in [4.78, 5) is 14.2. The lowest BCUT2D eigenvalue weighted by Gasteiger charge is -2.17. The maximum Gasteiger partial charge on any atom is 0.167 e. The van der Waals surface area contributed by atoms with Crippen molar-refractivity contribution < 1.29 is 0 Å². The van der Waals surface area contributed by atoms with Crippen LogP contribution in [0, 0.1) is 13.8 Å². The van der Waals surface area contributed by atoms with E-state index in [0.29, 0.717) is 17.5 Å². The molecular weight excluding hydrogens is 464 g/mol. The summed E-state index contributed by atoms with van der Waals surface area (Å²) in [7, 11) is 0. The van der Waals surface area contributed by atoms with Gasteiger partial charge in [0.2, 0.25) is 0 Å². The number of fused-ring (bicyclic) bond motifs is 2.